The zero-order valence-electron chi connectivity index (χ0n) is 17.5. The van der Waals surface area contributed by atoms with E-state index in [4.69, 9.17) is 14.4 Å². The Morgan fingerprint density at radius 1 is 1.14 bits per heavy atom. The molecule has 2 rings (SSSR count). The molecule has 0 saturated carbocycles. The van der Waals surface area contributed by atoms with Crippen molar-refractivity contribution < 1.29 is 33.3 Å². The van der Waals surface area contributed by atoms with Crippen LogP contribution in [0.5, 0.6) is 11.5 Å². The SMILES string of the molecule is COCOc1ccc(C(=O)c2c(C)cc(OOP(C)(=O)O)cc2C)cc1C(C)C. The van der Waals surface area contributed by atoms with Crippen LogP contribution in [0, 0.1) is 13.8 Å². The molecule has 0 aliphatic heterocycles. The van der Waals surface area contributed by atoms with Gasteiger partial charge >= 0.3 is 7.60 Å². The first-order valence-corrected chi connectivity index (χ1v) is 11.1. The normalized spacial score (nSPS) is 13.2. The first-order valence-electron chi connectivity index (χ1n) is 9.11. The fourth-order valence-corrected chi connectivity index (χ4v) is 3.21. The summed E-state index contributed by atoms with van der Waals surface area (Å²) >= 11 is 0. The second kappa shape index (κ2) is 9.55. The summed E-state index contributed by atoms with van der Waals surface area (Å²) in [6, 6.07) is 8.52. The molecule has 7 nitrogen and oxygen atoms in total. The number of ketones is 1. The Morgan fingerprint density at radius 2 is 1.76 bits per heavy atom. The number of hydrogen-bond acceptors (Lipinski definition) is 6. The van der Waals surface area contributed by atoms with Gasteiger partial charge in [-0.1, -0.05) is 13.8 Å². The molecule has 0 radical (unpaired) electrons. The fourth-order valence-electron chi connectivity index (χ4n) is 2.98. The highest BCUT2D eigenvalue weighted by Crippen LogP contribution is 2.38. The van der Waals surface area contributed by atoms with Crippen molar-refractivity contribution in [3.63, 3.8) is 0 Å². The van der Waals surface area contributed by atoms with Gasteiger partial charge in [-0.2, -0.15) is 0 Å². The minimum atomic E-state index is -3.78. The zero-order valence-corrected chi connectivity index (χ0v) is 18.4. The maximum Gasteiger partial charge on any atom is 0.363 e. The first-order chi connectivity index (χ1) is 13.5. The number of carbonyl (C=O) groups excluding carboxylic acids is 1. The summed E-state index contributed by atoms with van der Waals surface area (Å²) in [5, 5.41) is 0. The number of hydrogen-bond donors (Lipinski definition) is 1. The average molecular weight is 422 g/mol. The molecule has 0 fully saturated rings. The van der Waals surface area contributed by atoms with Crippen LogP contribution >= 0.6 is 7.60 Å². The second-order valence-corrected chi connectivity index (χ2v) is 8.94. The van der Waals surface area contributed by atoms with Crippen LogP contribution in [0.25, 0.3) is 0 Å². The monoisotopic (exact) mass is 422 g/mol. The molecule has 8 heteroatoms. The van der Waals surface area contributed by atoms with E-state index in [0.29, 0.717) is 28.0 Å². The maximum atomic E-state index is 13.2. The van der Waals surface area contributed by atoms with Crippen molar-refractivity contribution in [1.29, 1.82) is 0 Å². The standard InChI is InChI=1S/C21H27O7P/c1-13(2)18-11-16(7-8-19(18)26-12-25-5)21(22)20-14(3)9-17(10-15(20)4)27-28-29(6,23)24/h7-11,13H,12H2,1-6H3,(H,23,24). The molecule has 0 aliphatic carbocycles. The van der Waals surface area contributed by atoms with Crippen molar-refractivity contribution in [2.24, 2.45) is 0 Å². The molecule has 1 atom stereocenters. The molecule has 0 bridgehead atoms. The topological polar surface area (TPSA) is 91.3 Å². The minimum absolute atomic E-state index is 0.129. The lowest BCUT2D eigenvalue weighted by Crippen LogP contribution is -2.09. The molecule has 1 unspecified atom stereocenters. The van der Waals surface area contributed by atoms with Crippen LogP contribution in [0.1, 0.15) is 52.4 Å². The Labute approximate surface area is 171 Å². The first kappa shape index (κ1) is 23.1. The van der Waals surface area contributed by atoms with Crippen molar-refractivity contribution in [3.05, 3.63) is 58.1 Å². The molecule has 0 spiro atoms. The van der Waals surface area contributed by atoms with Crippen LogP contribution in [0.2, 0.25) is 0 Å². The number of benzene rings is 2. The summed E-state index contributed by atoms with van der Waals surface area (Å²) in [5.74, 6) is 0.962. The minimum Gasteiger partial charge on any atom is -0.467 e. The van der Waals surface area contributed by atoms with Gasteiger partial charge in [0.2, 0.25) is 0 Å². The number of rotatable bonds is 9. The molecule has 2 aromatic carbocycles. The predicted molar refractivity (Wildman–Crippen MR) is 110 cm³/mol. The third kappa shape index (κ3) is 6.15. The fraction of sp³-hybridized carbons (Fsp3) is 0.381. The van der Waals surface area contributed by atoms with E-state index in [1.54, 1.807) is 45.2 Å². The van der Waals surface area contributed by atoms with Gasteiger partial charge in [0.05, 0.1) is 0 Å². The van der Waals surface area contributed by atoms with E-state index in [-0.39, 0.29) is 24.2 Å². The highest BCUT2D eigenvalue weighted by molar-refractivity contribution is 7.51. The second-order valence-electron chi connectivity index (χ2n) is 7.18. The van der Waals surface area contributed by atoms with E-state index < -0.39 is 7.60 Å². The van der Waals surface area contributed by atoms with Gasteiger partial charge in [0.1, 0.15) is 5.75 Å². The lowest BCUT2D eigenvalue weighted by Gasteiger charge is -2.16. The molecular formula is C21H27O7P. The van der Waals surface area contributed by atoms with Gasteiger partial charge in [-0.3, -0.25) is 9.36 Å². The predicted octanol–water partition coefficient (Wildman–Crippen LogP) is 4.77. The quantitative estimate of drug-likeness (QED) is 0.205. The maximum absolute atomic E-state index is 13.2. The van der Waals surface area contributed by atoms with Crippen LogP contribution in [-0.2, 0) is 14.0 Å². The Hall–Kier alpha value is -2.18. The molecule has 158 valence electrons. The highest BCUT2D eigenvalue weighted by Gasteiger charge is 2.20. The molecule has 0 aliphatic rings. The Balaban J connectivity index is 2.36. The van der Waals surface area contributed by atoms with Crippen LogP contribution in [0.4, 0.5) is 0 Å². The number of aryl methyl sites for hydroxylation is 2. The van der Waals surface area contributed by atoms with Gasteiger partial charge < -0.3 is 19.3 Å². The molecule has 0 saturated heterocycles. The average Bonchev–Trinajstić information content (AvgIpc) is 2.63. The molecule has 29 heavy (non-hydrogen) atoms. The lowest BCUT2D eigenvalue weighted by atomic mass is 9.92. The molecule has 1 N–H and O–H groups in total. The number of methoxy groups -OCH3 is 1. The number of ether oxygens (including phenoxy) is 2. The van der Waals surface area contributed by atoms with E-state index in [9.17, 15) is 14.3 Å². The van der Waals surface area contributed by atoms with Gasteiger partial charge in [-0.25, -0.2) is 0 Å². The summed E-state index contributed by atoms with van der Waals surface area (Å²) in [6.45, 7) is 8.76. The van der Waals surface area contributed by atoms with Crippen molar-refractivity contribution in [1.82, 2.24) is 0 Å². The van der Waals surface area contributed by atoms with Gasteiger partial charge in [0.25, 0.3) is 0 Å². The van der Waals surface area contributed by atoms with Crippen LogP contribution in [0.15, 0.2) is 30.3 Å². The van der Waals surface area contributed by atoms with Crippen molar-refractivity contribution >= 4 is 13.4 Å². The summed E-state index contributed by atoms with van der Waals surface area (Å²) in [5.41, 5.74) is 3.34. The van der Waals surface area contributed by atoms with Crippen LogP contribution in [-0.4, -0.2) is 31.2 Å². The van der Waals surface area contributed by atoms with E-state index in [1.165, 1.54) is 0 Å². The van der Waals surface area contributed by atoms with E-state index >= 15 is 0 Å². The van der Waals surface area contributed by atoms with Gasteiger partial charge in [0.15, 0.2) is 18.3 Å². The van der Waals surface area contributed by atoms with E-state index in [1.807, 2.05) is 19.9 Å². The molecule has 2 aromatic rings. The third-order valence-corrected chi connectivity index (χ3v) is 4.58. The highest BCUT2D eigenvalue weighted by atomic mass is 31.2. The van der Waals surface area contributed by atoms with Crippen molar-refractivity contribution in [2.45, 2.75) is 33.6 Å². The largest absolute Gasteiger partial charge is 0.467 e. The smallest absolute Gasteiger partial charge is 0.363 e. The number of carbonyl (C=O) groups is 1. The summed E-state index contributed by atoms with van der Waals surface area (Å²) in [4.78, 5) is 27.3. The van der Waals surface area contributed by atoms with E-state index in [2.05, 4.69) is 4.67 Å². The summed E-state index contributed by atoms with van der Waals surface area (Å²) in [6.07, 6.45) is 0. The molecule has 0 aromatic heterocycles. The van der Waals surface area contributed by atoms with Gasteiger partial charge in [-0.05, 0) is 66.8 Å². The Morgan fingerprint density at radius 3 is 2.28 bits per heavy atom. The Kier molecular flexibility index (Phi) is 7.60. The summed E-state index contributed by atoms with van der Waals surface area (Å²) < 4.78 is 26.3. The van der Waals surface area contributed by atoms with Gasteiger partial charge in [0, 0.05) is 24.9 Å². The lowest BCUT2D eigenvalue weighted by molar-refractivity contribution is -0.107. The van der Waals surface area contributed by atoms with E-state index in [0.717, 1.165) is 12.2 Å². The Bertz CT molecular complexity index is 908. The van der Waals surface area contributed by atoms with Crippen molar-refractivity contribution in [3.8, 4) is 11.5 Å². The molecule has 0 amide bonds. The van der Waals surface area contributed by atoms with Crippen LogP contribution < -0.4 is 9.62 Å². The zero-order chi connectivity index (χ0) is 21.8. The van der Waals surface area contributed by atoms with Crippen LogP contribution in [0.3, 0.4) is 0 Å². The molecule has 0 heterocycles. The summed E-state index contributed by atoms with van der Waals surface area (Å²) in [7, 11) is -2.23. The van der Waals surface area contributed by atoms with Crippen molar-refractivity contribution in [2.75, 3.05) is 20.6 Å². The molecular weight excluding hydrogens is 395 g/mol. The van der Waals surface area contributed by atoms with Gasteiger partial charge in [-0.15, -0.1) is 4.67 Å². The third-order valence-electron chi connectivity index (χ3n) is 4.23.